The summed E-state index contributed by atoms with van der Waals surface area (Å²) in [5, 5.41) is 0.538. The first-order valence-corrected chi connectivity index (χ1v) is 3.42. The fourth-order valence-corrected chi connectivity index (χ4v) is 1.03. The zero-order chi connectivity index (χ0) is 8.55. The number of H-pyrrole nitrogens is 2. The number of aromatic nitrogens is 3. The van der Waals surface area contributed by atoms with Crippen molar-refractivity contribution in [3.8, 4) is 6.01 Å². The summed E-state index contributed by atoms with van der Waals surface area (Å²) in [6, 6.07) is 1.88. The van der Waals surface area contributed by atoms with Gasteiger partial charge >= 0.3 is 0 Å². The van der Waals surface area contributed by atoms with Crippen molar-refractivity contribution in [1.82, 2.24) is 15.0 Å². The Morgan fingerprint density at radius 3 is 3.17 bits per heavy atom. The number of methoxy groups -OCH3 is 1. The summed E-state index contributed by atoms with van der Waals surface area (Å²) in [4.78, 5) is 20.5. The van der Waals surface area contributed by atoms with Crippen molar-refractivity contribution in [2.45, 2.75) is 0 Å². The molecule has 0 bridgehead atoms. The van der Waals surface area contributed by atoms with E-state index in [0.717, 1.165) is 0 Å². The molecule has 0 saturated carbocycles. The summed E-state index contributed by atoms with van der Waals surface area (Å²) in [5.41, 5.74) is 0.341. The summed E-state index contributed by atoms with van der Waals surface area (Å²) in [6.45, 7) is 0. The monoisotopic (exact) mass is 165 g/mol. The SMILES string of the molecule is COc1nc2[nH]ccc2c(=O)[nH]1. The highest BCUT2D eigenvalue weighted by Gasteiger charge is 2.02. The maximum Gasteiger partial charge on any atom is 0.298 e. The highest BCUT2D eigenvalue weighted by molar-refractivity contribution is 5.74. The van der Waals surface area contributed by atoms with Gasteiger partial charge in [0.15, 0.2) is 0 Å². The van der Waals surface area contributed by atoms with Crippen molar-refractivity contribution in [1.29, 1.82) is 0 Å². The van der Waals surface area contributed by atoms with Crippen LogP contribution in [0, 0.1) is 0 Å². The lowest BCUT2D eigenvalue weighted by Gasteiger charge is -1.95. The molecule has 2 N–H and O–H groups in total. The van der Waals surface area contributed by atoms with Crippen LogP contribution in [0.15, 0.2) is 17.1 Å². The number of ether oxygens (including phenoxy) is 1. The summed E-state index contributed by atoms with van der Waals surface area (Å²) >= 11 is 0. The van der Waals surface area contributed by atoms with E-state index in [1.807, 2.05) is 0 Å². The van der Waals surface area contributed by atoms with Gasteiger partial charge in [0.1, 0.15) is 5.65 Å². The van der Waals surface area contributed by atoms with Gasteiger partial charge in [-0.3, -0.25) is 9.78 Å². The van der Waals surface area contributed by atoms with Crippen molar-refractivity contribution in [3.05, 3.63) is 22.6 Å². The second kappa shape index (κ2) is 2.37. The van der Waals surface area contributed by atoms with Gasteiger partial charge in [-0.1, -0.05) is 0 Å². The van der Waals surface area contributed by atoms with Crippen molar-refractivity contribution in [2.75, 3.05) is 7.11 Å². The molecule has 0 aliphatic carbocycles. The highest BCUT2D eigenvalue weighted by Crippen LogP contribution is 2.05. The zero-order valence-electron chi connectivity index (χ0n) is 6.42. The molecule has 0 aromatic carbocycles. The second-order valence-corrected chi connectivity index (χ2v) is 2.32. The number of rotatable bonds is 1. The predicted molar refractivity (Wildman–Crippen MR) is 43.3 cm³/mol. The van der Waals surface area contributed by atoms with Crippen LogP contribution in [0.2, 0.25) is 0 Å². The summed E-state index contributed by atoms with van der Waals surface area (Å²) in [6.07, 6.45) is 1.66. The van der Waals surface area contributed by atoms with Crippen LogP contribution in [0.25, 0.3) is 11.0 Å². The Balaban J connectivity index is 2.84. The van der Waals surface area contributed by atoms with E-state index in [1.54, 1.807) is 12.3 Å². The van der Waals surface area contributed by atoms with Gasteiger partial charge in [-0.15, -0.1) is 0 Å². The molecule has 5 heteroatoms. The summed E-state index contributed by atoms with van der Waals surface area (Å²) in [5.74, 6) is 0. The minimum atomic E-state index is -0.196. The lowest BCUT2D eigenvalue weighted by atomic mass is 10.4. The van der Waals surface area contributed by atoms with E-state index < -0.39 is 0 Å². The minimum absolute atomic E-state index is 0.196. The van der Waals surface area contributed by atoms with Gasteiger partial charge in [0.05, 0.1) is 12.5 Å². The largest absolute Gasteiger partial charge is 0.468 e. The molecule has 0 aliphatic heterocycles. The molecule has 0 atom stereocenters. The molecule has 0 aliphatic rings. The van der Waals surface area contributed by atoms with Gasteiger partial charge in [-0.25, -0.2) is 0 Å². The van der Waals surface area contributed by atoms with Crippen molar-refractivity contribution in [3.63, 3.8) is 0 Å². The maximum atomic E-state index is 11.2. The van der Waals surface area contributed by atoms with E-state index in [1.165, 1.54) is 7.11 Å². The molecule has 0 fully saturated rings. The number of nitrogens with one attached hydrogen (secondary N) is 2. The number of nitrogens with zero attached hydrogens (tertiary/aromatic N) is 1. The normalized spacial score (nSPS) is 10.4. The van der Waals surface area contributed by atoms with Crippen molar-refractivity contribution >= 4 is 11.0 Å². The van der Waals surface area contributed by atoms with E-state index in [0.29, 0.717) is 11.0 Å². The molecule has 0 radical (unpaired) electrons. The van der Waals surface area contributed by atoms with Crippen LogP contribution in [0.3, 0.4) is 0 Å². The van der Waals surface area contributed by atoms with Crippen molar-refractivity contribution < 1.29 is 4.74 Å². The Hall–Kier alpha value is -1.78. The lowest BCUT2D eigenvalue weighted by Crippen LogP contribution is -2.08. The van der Waals surface area contributed by atoms with Gasteiger partial charge in [-0.05, 0) is 6.07 Å². The smallest absolute Gasteiger partial charge is 0.298 e. The maximum absolute atomic E-state index is 11.2. The Bertz CT molecular complexity index is 457. The number of hydrogen-bond acceptors (Lipinski definition) is 3. The Kier molecular flexibility index (Phi) is 1.36. The number of hydrogen-bond donors (Lipinski definition) is 2. The average molecular weight is 165 g/mol. The molecule has 2 aromatic rings. The molecule has 0 saturated heterocycles. The fraction of sp³-hybridized carbons (Fsp3) is 0.143. The van der Waals surface area contributed by atoms with Crippen LogP contribution < -0.4 is 10.3 Å². The third-order valence-electron chi connectivity index (χ3n) is 1.60. The first kappa shape index (κ1) is 6.90. The molecule has 62 valence electrons. The average Bonchev–Trinajstić information content (AvgIpc) is 2.52. The molecule has 5 nitrogen and oxygen atoms in total. The molecule has 2 rings (SSSR count). The molecule has 0 spiro atoms. The number of fused-ring (bicyclic) bond motifs is 1. The standard InChI is InChI=1S/C7H7N3O2/c1-12-7-9-5-4(2-3-8-5)6(11)10-7/h2-3H,1H3,(H2,8,9,10,11). The first-order chi connectivity index (χ1) is 5.81. The Morgan fingerprint density at radius 2 is 2.42 bits per heavy atom. The van der Waals surface area contributed by atoms with Gasteiger partial charge in [-0.2, -0.15) is 4.98 Å². The highest BCUT2D eigenvalue weighted by atomic mass is 16.5. The van der Waals surface area contributed by atoms with Gasteiger partial charge in [0.2, 0.25) is 0 Å². The number of aromatic amines is 2. The van der Waals surface area contributed by atoms with Crippen LogP contribution in [0.5, 0.6) is 6.01 Å². The minimum Gasteiger partial charge on any atom is -0.468 e. The molecule has 2 aromatic heterocycles. The van der Waals surface area contributed by atoms with E-state index >= 15 is 0 Å². The van der Waals surface area contributed by atoms with Crippen molar-refractivity contribution in [2.24, 2.45) is 0 Å². The van der Waals surface area contributed by atoms with E-state index in [9.17, 15) is 4.79 Å². The van der Waals surface area contributed by atoms with Crippen LogP contribution >= 0.6 is 0 Å². The quantitative estimate of drug-likeness (QED) is 0.636. The van der Waals surface area contributed by atoms with Gasteiger partial charge in [0, 0.05) is 6.20 Å². The molecular weight excluding hydrogens is 158 g/mol. The summed E-state index contributed by atoms with van der Waals surface area (Å²) < 4.78 is 4.79. The molecule has 2 heterocycles. The van der Waals surface area contributed by atoms with Crippen LogP contribution in [0.4, 0.5) is 0 Å². The van der Waals surface area contributed by atoms with E-state index in [-0.39, 0.29) is 11.6 Å². The lowest BCUT2D eigenvalue weighted by molar-refractivity contribution is 0.380. The Labute approximate surface area is 67.4 Å². The predicted octanol–water partition coefficient (Wildman–Crippen LogP) is 0.260. The fourth-order valence-electron chi connectivity index (χ4n) is 1.03. The van der Waals surface area contributed by atoms with Crippen LogP contribution in [0.1, 0.15) is 0 Å². The van der Waals surface area contributed by atoms with Gasteiger partial charge < -0.3 is 9.72 Å². The summed E-state index contributed by atoms with van der Waals surface area (Å²) in [7, 11) is 1.45. The zero-order valence-corrected chi connectivity index (χ0v) is 6.42. The molecular formula is C7H7N3O2. The third kappa shape index (κ3) is 0.868. The van der Waals surface area contributed by atoms with Gasteiger partial charge in [0.25, 0.3) is 11.6 Å². The third-order valence-corrected chi connectivity index (χ3v) is 1.60. The molecule has 0 unspecified atom stereocenters. The molecule has 0 amide bonds. The van der Waals surface area contributed by atoms with E-state index in [4.69, 9.17) is 4.74 Å². The second-order valence-electron chi connectivity index (χ2n) is 2.32. The topological polar surface area (TPSA) is 70.8 Å². The van der Waals surface area contributed by atoms with E-state index in [2.05, 4.69) is 15.0 Å². The van der Waals surface area contributed by atoms with Crippen LogP contribution in [-0.4, -0.2) is 22.1 Å². The van der Waals surface area contributed by atoms with Crippen LogP contribution in [-0.2, 0) is 0 Å². The Morgan fingerprint density at radius 1 is 1.58 bits per heavy atom. The molecule has 12 heavy (non-hydrogen) atoms. The first-order valence-electron chi connectivity index (χ1n) is 3.42.